The number of imide groups is 2. The highest BCUT2D eigenvalue weighted by Crippen LogP contribution is 2.24. The molecule has 5 rings (SSSR count). The molecule has 4 fully saturated rings. The summed E-state index contributed by atoms with van der Waals surface area (Å²) in [6.45, 7) is 4.57. The Hall–Kier alpha value is -3.59. The summed E-state index contributed by atoms with van der Waals surface area (Å²) in [5.41, 5.74) is 1.39. The largest absolute Gasteiger partial charge is 0.560 e. The number of piperazine rings is 1. The summed E-state index contributed by atoms with van der Waals surface area (Å²) in [6, 6.07) is 4.45. The first kappa shape index (κ1) is 28.0. The van der Waals surface area contributed by atoms with Crippen molar-refractivity contribution < 1.29 is 43.2 Å². The topological polar surface area (TPSA) is 146 Å². The molecule has 0 saturated carbocycles. The molecule has 4 heterocycles. The Morgan fingerprint density at radius 1 is 0.875 bits per heavy atom. The van der Waals surface area contributed by atoms with Crippen molar-refractivity contribution in [1.29, 1.82) is 0 Å². The van der Waals surface area contributed by atoms with Gasteiger partial charge in [-0.3, -0.25) is 43.4 Å². The SMILES string of the molecule is O=C(ON1C(=O)CCC1=O)ON1C(=O)CC(N2CCN(Cc3ccc(Cl)cc3C(=O)N3CCOCC3)CC2)C1=O. The Bertz CT molecular complexity index is 1210. The van der Waals surface area contributed by atoms with Gasteiger partial charge in [-0.15, -0.1) is 0 Å². The molecule has 0 aromatic heterocycles. The van der Waals surface area contributed by atoms with Gasteiger partial charge < -0.3 is 9.64 Å². The van der Waals surface area contributed by atoms with E-state index in [0.29, 0.717) is 74.7 Å². The molecule has 0 aliphatic carbocycles. The van der Waals surface area contributed by atoms with E-state index in [-0.39, 0.29) is 30.2 Å². The van der Waals surface area contributed by atoms with Gasteiger partial charge in [0.15, 0.2) is 0 Å². The van der Waals surface area contributed by atoms with Gasteiger partial charge in [-0.1, -0.05) is 27.8 Å². The quantitative estimate of drug-likeness (QED) is 0.427. The van der Waals surface area contributed by atoms with Crippen LogP contribution in [0.15, 0.2) is 18.2 Å². The molecule has 214 valence electrons. The predicted molar refractivity (Wildman–Crippen MR) is 134 cm³/mol. The fourth-order valence-corrected chi connectivity index (χ4v) is 5.27. The first-order valence-corrected chi connectivity index (χ1v) is 13.3. The average Bonchev–Trinajstić information content (AvgIpc) is 3.42. The van der Waals surface area contributed by atoms with E-state index in [4.69, 9.17) is 21.2 Å². The molecular formula is C25H28ClN5O9. The van der Waals surface area contributed by atoms with Crippen LogP contribution in [0.3, 0.4) is 0 Å². The number of rotatable bonds is 6. The standard InChI is InChI=1S/C25H28ClN5O9/c26-17-2-1-16(18(13-17)23(35)29-9-11-38-12-10-29)15-27-5-7-28(8-6-27)19-14-22(34)31(24(19)36)40-25(37)39-30-20(32)3-4-21(30)33/h1-2,13,19H,3-12,14-15H2. The maximum absolute atomic E-state index is 13.2. The lowest BCUT2D eigenvalue weighted by atomic mass is 10.0. The molecule has 5 amide bonds. The molecule has 0 bridgehead atoms. The lowest BCUT2D eigenvalue weighted by molar-refractivity contribution is -0.198. The van der Waals surface area contributed by atoms with Crippen molar-refractivity contribution in [3.63, 3.8) is 0 Å². The van der Waals surface area contributed by atoms with E-state index in [1.54, 1.807) is 17.0 Å². The van der Waals surface area contributed by atoms with Gasteiger partial charge in [-0.25, -0.2) is 0 Å². The average molecular weight is 578 g/mol. The van der Waals surface area contributed by atoms with Gasteiger partial charge >= 0.3 is 6.16 Å². The minimum Gasteiger partial charge on any atom is -0.378 e. The zero-order chi connectivity index (χ0) is 28.4. The van der Waals surface area contributed by atoms with Gasteiger partial charge in [0.1, 0.15) is 6.04 Å². The maximum atomic E-state index is 13.2. The van der Waals surface area contributed by atoms with Crippen LogP contribution in [-0.2, 0) is 40.1 Å². The first-order chi connectivity index (χ1) is 19.2. The second kappa shape index (κ2) is 11.9. The Morgan fingerprint density at radius 3 is 2.20 bits per heavy atom. The number of nitrogens with zero attached hydrogens (tertiary/aromatic N) is 5. The summed E-state index contributed by atoms with van der Waals surface area (Å²) in [5.74, 6) is -2.99. The van der Waals surface area contributed by atoms with Gasteiger partial charge in [0.05, 0.1) is 19.6 Å². The maximum Gasteiger partial charge on any atom is 0.560 e. The van der Waals surface area contributed by atoms with E-state index in [1.165, 1.54) is 0 Å². The number of benzene rings is 1. The Kier molecular flexibility index (Phi) is 8.30. The zero-order valence-electron chi connectivity index (χ0n) is 21.6. The van der Waals surface area contributed by atoms with E-state index in [1.807, 2.05) is 11.0 Å². The molecule has 0 spiro atoms. The summed E-state index contributed by atoms with van der Waals surface area (Å²) < 4.78 is 5.35. The number of morpholine rings is 1. The number of amides is 5. The smallest absolute Gasteiger partial charge is 0.378 e. The van der Waals surface area contributed by atoms with E-state index < -0.39 is 35.8 Å². The van der Waals surface area contributed by atoms with Crippen LogP contribution in [0.4, 0.5) is 4.79 Å². The van der Waals surface area contributed by atoms with Crippen molar-refractivity contribution in [1.82, 2.24) is 24.8 Å². The second-order valence-electron chi connectivity index (χ2n) is 9.78. The fraction of sp³-hybridized carbons (Fsp3) is 0.520. The Morgan fingerprint density at radius 2 is 1.52 bits per heavy atom. The predicted octanol–water partition coefficient (Wildman–Crippen LogP) is 0.190. The van der Waals surface area contributed by atoms with E-state index in [0.717, 1.165) is 5.56 Å². The van der Waals surface area contributed by atoms with Crippen molar-refractivity contribution in [3.8, 4) is 0 Å². The van der Waals surface area contributed by atoms with Gasteiger partial charge in [0.25, 0.3) is 29.5 Å². The summed E-state index contributed by atoms with van der Waals surface area (Å²) in [6.07, 6.45) is -1.93. The highest BCUT2D eigenvalue weighted by atomic mass is 35.5. The van der Waals surface area contributed by atoms with Crippen LogP contribution in [0.5, 0.6) is 0 Å². The molecule has 4 aliphatic heterocycles. The third kappa shape index (κ3) is 5.94. The fourth-order valence-electron chi connectivity index (χ4n) is 5.10. The molecule has 14 nitrogen and oxygen atoms in total. The summed E-state index contributed by atoms with van der Waals surface area (Å²) in [7, 11) is 0. The number of halogens is 1. The third-order valence-electron chi connectivity index (χ3n) is 7.26. The molecule has 1 aromatic carbocycles. The van der Waals surface area contributed by atoms with Crippen LogP contribution in [0, 0.1) is 0 Å². The summed E-state index contributed by atoms with van der Waals surface area (Å²) in [4.78, 5) is 88.8. The second-order valence-corrected chi connectivity index (χ2v) is 10.2. The zero-order valence-corrected chi connectivity index (χ0v) is 22.3. The number of hydrogen-bond acceptors (Lipinski definition) is 11. The minimum atomic E-state index is -1.53. The van der Waals surface area contributed by atoms with Crippen LogP contribution in [-0.4, -0.2) is 119 Å². The lowest BCUT2D eigenvalue weighted by Crippen LogP contribution is -2.52. The highest BCUT2D eigenvalue weighted by Gasteiger charge is 2.46. The van der Waals surface area contributed by atoms with E-state index in [9.17, 15) is 28.8 Å². The van der Waals surface area contributed by atoms with Crippen LogP contribution >= 0.6 is 11.6 Å². The van der Waals surface area contributed by atoms with Crippen LogP contribution in [0.2, 0.25) is 5.02 Å². The van der Waals surface area contributed by atoms with Gasteiger partial charge in [0, 0.05) is 69.2 Å². The van der Waals surface area contributed by atoms with E-state index >= 15 is 0 Å². The molecule has 15 heteroatoms. The Labute approximate surface area is 234 Å². The normalized spacial score (nSPS) is 22.8. The van der Waals surface area contributed by atoms with Crippen molar-refractivity contribution in [2.75, 3.05) is 52.5 Å². The third-order valence-corrected chi connectivity index (χ3v) is 7.49. The van der Waals surface area contributed by atoms with Crippen LogP contribution in [0.1, 0.15) is 35.2 Å². The van der Waals surface area contributed by atoms with Crippen molar-refractivity contribution in [2.45, 2.75) is 31.8 Å². The van der Waals surface area contributed by atoms with Crippen LogP contribution < -0.4 is 0 Å². The highest BCUT2D eigenvalue weighted by molar-refractivity contribution is 6.31. The molecule has 1 aromatic rings. The molecule has 4 aliphatic rings. The van der Waals surface area contributed by atoms with Crippen molar-refractivity contribution in [3.05, 3.63) is 34.3 Å². The molecule has 0 radical (unpaired) electrons. The minimum absolute atomic E-state index is 0.0911. The molecule has 1 unspecified atom stereocenters. The number of ether oxygens (including phenoxy) is 1. The summed E-state index contributed by atoms with van der Waals surface area (Å²) in [5, 5.41) is 1.07. The van der Waals surface area contributed by atoms with Gasteiger partial charge in [0.2, 0.25) is 0 Å². The number of hydrogen-bond donors (Lipinski definition) is 0. The monoisotopic (exact) mass is 577 g/mol. The van der Waals surface area contributed by atoms with Crippen molar-refractivity contribution in [2.24, 2.45) is 0 Å². The first-order valence-electron chi connectivity index (χ1n) is 13.0. The van der Waals surface area contributed by atoms with E-state index in [2.05, 4.69) is 9.74 Å². The number of carbonyl (C=O) groups excluding carboxylic acids is 6. The Balaban J connectivity index is 1.15. The van der Waals surface area contributed by atoms with Gasteiger partial charge in [-0.05, 0) is 17.7 Å². The number of hydroxylamine groups is 4. The molecule has 40 heavy (non-hydrogen) atoms. The summed E-state index contributed by atoms with van der Waals surface area (Å²) >= 11 is 6.21. The molecule has 1 atom stereocenters. The van der Waals surface area contributed by atoms with Crippen LogP contribution in [0.25, 0.3) is 0 Å². The molecule has 0 N–H and O–H groups in total. The molecular weight excluding hydrogens is 550 g/mol. The van der Waals surface area contributed by atoms with Crippen molar-refractivity contribution >= 4 is 47.3 Å². The molecule has 4 saturated heterocycles. The number of carbonyl (C=O) groups is 6. The lowest BCUT2D eigenvalue weighted by Gasteiger charge is -2.37. The van der Waals surface area contributed by atoms with Gasteiger partial charge in [-0.2, -0.15) is 4.79 Å².